The molecule has 0 aromatic carbocycles. The molecule has 16 heavy (non-hydrogen) atoms. The van der Waals surface area contributed by atoms with E-state index in [0.29, 0.717) is 6.61 Å². The molecule has 0 heterocycles. The van der Waals surface area contributed by atoms with Gasteiger partial charge >= 0.3 is 105 Å². The molecule has 0 aliphatic rings. The van der Waals surface area contributed by atoms with E-state index < -0.39 is 26.5 Å². The van der Waals surface area contributed by atoms with Gasteiger partial charge in [-0.1, -0.05) is 0 Å². The van der Waals surface area contributed by atoms with E-state index in [1.165, 1.54) is 0 Å². The van der Waals surface area contributed by atoms with Crippen molar-refractivity contribution in [3.8, 4) is 0 Å². The normalized spacial score (nSPS) is 13.1. The van der Waals surface area contributed by atoms with Gasteiger partial charge in [-0.15, -0.1) is 0 Å². The van der Waals surface area contributed by atoms with Crippen LogP contribution >= 0.6 is 0 Å². The predicted molar refractivity (Wildman–Crippen MR) is 63.6 cm³/mol. The molecule has 0 saturated carbocycles. The second-order valence-corrected chi connectivity index (χ2v) is 11.9. The molecule has 0 amide bonds. The molecule has 0 aromatic heterocycles. The van der Waals surface area contributed by atoms with E-state index in [9.17, 15) is 7.38 Å². The first-order valence-corrected chi connectivity index (χ1v) is 11.4. The molecule has 0 radical (unpaired) electrons. The molecular formula is C10H26O4SiTi. The van der Waals surface area contributed by atoms with Crippen LogP contribution in [-0.4, -0.2) is 22.3 Å². The Morgan fingerprint density at radius 3 is 1.88 bits per heavy atom. The summed E-state index contributed by atoms with van der Waals surface area (Å²) in [6.45, 7) is 8.61. The summed E-state index contributed by atoms with van der Waals surface area (Å²) in [7, 11) is -1.95. The van der Waals surface area contributed by atoms with Gasteiger partial charge in [0.25, 0.3) is 0 Å². The minimum atomic E-state index is -4.39. The molecule has 0 fully saturated rings. The molecule has 98 valence electrons. The zero-order chi connectivity index (χ0) is 12.7. The van der Waals surface area contributed by atoms with Gasteiger partial charge in [-0.05, 0) is 0 Å². The van der Waals surface area contributed by atoms with Crippen LogP contribution in [0.5, 0.6) is 0 Å². The second-order valence-electron chi connectivity index (χ2n) is 4.10. The summed E-state index contributed by atoms with van der Waals surface area (Å²) in [5.41, 5.74) is 0. The topological polar surface area (TPSA) is 58.9 Å². The number of hydrogen-bond acceptors (Lipinski definition) is 4. The Morgan fingerprint density at radius 1 is 1.00 bits per heavy atom. The zero-order valence-electron chi connectivity index (χ0n) is 11.0. The maximum absolute atomic E-state index is 9.80. The predicted octanol–water partition coefficient (Wildman–Crippen LogP) is 2.62. The van der Waals surface area contributed by atoms with Gasteiger partial charge in [0, 0.05) is 0 Å². The fourth-order valence-electron chi connectivity index (χ4n) is 1.63. The van der Waals surface area contributed by atoms with Crippen molar-refractivity contribution >= 4 is 8.32 Å². The summed E-state index contributed by atoms with van der Waals surface area (Å²) in [6.07, 6.45) is 1.83. The van der Waals surface area contributed by atoms with Crippen molar-refractivity contribution in [2.75, 3.05) is 6.61 Å². The van der Waals surface area contributed by atoms with Crippen molar-refractivity contribution in [2.45, 2.75) is 58.7 Å². The monoisotopic (exact) mass is 286 g/mol. The van der Waals surface area contributed by atoms with Crippen LogP contribution in [0.4, 0.5) is 0 Å². The van der Waals surface area contributed by atoms with E-state index >= 15 is 0 Å². The molecule has 0 aromatic rings. The van der Waals surface area contributed by atoms with Crippen LogP contribution in [0.2, 0.25) is 18.1 Å². The van der Waals surface area contributed by atoms with Crippen LogP contribution in [0.1, 0.15) is 40.5 Å². The van der Waals surface area contributed by atoms with Crippen molar-refractivity contribution < 1.29 is 31.8 Å². The van der Waals surface area contributed by atoms with E-state index in [1.807, 2.05) is 6.92 Å². The quantitative estimate of drug-likeness (QED) is 0.505. The maximum atomic E-state index is 9.80. The van der Waals surface area contributed by atoms with E-state index in [2.05, 4.69) is 20.8 Å². The molecule has 6 heteroatoms. The van der Waals surface area contributed by atoms with E-state index in [0.717, 1.165) is 31.0 Å². The Balaban J connectivity index is 4.29. The molecular weight excluding hydrogens is 260 g/mol. The Morgan fingerprint density at radius 2 is 1.50 bits per heavy atom. The third kappa shape index (κ3) is 5.91. The molecule has 0 spiro atoms. The molecule has 4 nitrogen and oxygen atoms in total. The van der Waals surface area contributed by atoms with Crippen molar-refractivity contribution in [2.24, 2.45) is 0 Å². The molecule has 0 rings (SSSR count). The zero-order valence-corrected chi connectivity index (χ0v) is 13.5. The molecule has 0 saturated heterocycles. The van der Waals surface area contributed by atoms with Crippen LogP contribution in [-0.2, 0) is 24.5 Å². The average Bonchev–Trinajstić information content (AvgIpc) is 2.26. The van der Waals surface area contributed by atoms with Crippen molar-refractivity contribution in [3.05, 3.63) is 0 Å². The van der Waals surface area contributed by atoms with Gasteiger partial charge in [0.05, 0.1) is 0 Å². The van der Waals surface area contributed by atoms with Gasteiger partial charge < -0.3 is 0 Å². The fraction of sp³-hybridized carbons (Fsp3) is 1.00. The van der Waals surface area contributed by atoms with Crippen LogP contribution in [0.25, 0.3) is 0 Å². The minimum absolute atomic E-state index is 0.394. The van der Waals surface area contributed by atoms with E-state index in [-0.39, 0.29) is 0 Å². The summed E-state index contributed by atoms with van der Waals surface area (Å²) < 4.78 is 30.4. The van der Waals surface area contributed by atoms with Gasteiger partial charge in [-0.3, -0.25) is 0 Å². The van der Waals surface area contributed by atoms with Crippen LogP contribution in [0, 0.1) is 0 Å². The second kappa shape index (κ2) is 7.98. The molecule has 0 aliphatic carbocycles. The Bertz CT molecular complexity index is 177. The first-order chi connectivity index (χ1) is 7.45. The fourth-order valence-corrected chi connectivity index (χ4v) is 9.77. The Kier molecular flexibility index (Phi) is 8.36. The van der Waals surface area contributed by atoms with Crippen molar-refractivity contribution in [3.63, 3.8) is 0 Å². The van der Waals surface area contributed by atoms with Crippen molar-refractivity contribution in [1.29, 1.82) is 0 Å². The first-order valence-electron chi connectivity index (χ1n) is 6.24. The molecule has 0 atom stereocenters. The van der Waals surface area contributed by atoms with Gasteiger partial charge in [0.2, 0.25) is 0 Å². The Labute approximate surface area is 105 Å². The number of rotatable bonds is 9. The van der Waals surface area contributed by atoms with Crippen LogP contribution in [0.15, 0.2) is 0 Å². The number of hydrogen-bond donors (Lipinski definition) is 2. The third-order valence-corrected chi connectivity index (χ3v) is 11.8. The summed E-state index contributed by atoms with van der Waals surface area (Å²) in [5.74, 6) is 0. The third-order valence-electron chi connectivity index (χ3n) is 3.07. The van der Waals surface area contributed by atoms with Gasteiger partial charge in [-0.2, -0.15) is 0 Å². The van der Waals surface area contributed by atoms with Crippen LogP contribution < -0.4 is 0 Å². The molecule has 0 bridgehead atoms. The summed E-state index contributed by atoms with van der Waals surface area (Å²) in [5, 5.41) is 0. The summed E-state index contributed by atoms with van der Waals surface area (Å²) >= 11 is -4.39. The Hall–Kier alpha value is 0.771. The number of unbranched alkanes of at least 4 members (excludes halogenated alkanes) is 1. The van der Waals surface area contributed by atoms with Crippen molar-refractivity contribution in [1.82, 2.24) is 0 Å². The van der Waals surface area contributed by atoms with Gasteiger partial charge in [-0.25, -0.2) is 0 Å². The average molecular weight is 286 g/mol. The first kappa shape index (κ1) is 16.8. The van der Waals surface area contributed by atoms with Gasteiger partial charge in [0.15, 0.2) is 0 Å². The SMILES string of the molecule is CCCC[O][Ti]([OH])([OH])[O][Si](CC)(CC)CC. The van der Waals surface area contributed by atoms with E-state index in [4.69, 9.17) is 6.33 Å². The van der Waals surface area contributed by atoms with Crippen LogP contribution in [0.3, 0.4) is 0 Å². The van der Waals surface area contributed by atoms with E-state index in [1.54, 1.807) is 0 Å². The summed E-state index contributed by atoms with van der Waals surface area (Å²) in [4.78, 5) is 0. The molecule has 0 aliphatic heterocycles. The standard InChI is InChI=1S/C6H15OSi.C4H9O.2H2O.Ti/c1-4-8(7,5-2)6-3;1-2-3-4-5;;;/h4-6H2,1-3H3;2-4H2,1H3;2*1H2;/q2*-1;;;+4/p-2. The summed E-state index contributed by atoms with van der Waals surface area (Å²) in [6, 6.07) is 2.72. The molecule has 2 N–H and O–H groups in total. The van der Waals surface area contributed by atoms with Gasteiger partial charge in [0.1, 0.15) is 0 Å². The molecule has 0 unspecified atom stereocenters.